The average Bonchev–Trinajstić information content (AvgIpc) is 2.16. The number of halogens is 2. The van der Waals surface area contributed by atoms with Crippen molar-refractivity contribution in [2.75, 3.05) is 11.9 Å². The molecule has 1 atom stereocenters. The first-order chi connectivity index (χ1) is 7.33. The van der Waals surface area contributed by atoms with Crippen molar-refractivity contribution in [1.82, 2.24) is 0 Å². The highest BCUT2D eigenvalue weighted by molar-refractivity contribution is 5.52. The molecule has 0 fully saturated rings. The molecule has 0 aliphatic rings. The fourth-order valence-electron chi connectivity index (χ4n) is 1.36. The predicted molar refractivity (Wildman–Crippen MR) is 61.0 cm³/mol. The molecule has 0 spiro atoms. The summed E-state index contributed by atoms with van der Waals surface area (Å²) in [6.07, 6.45) is -2.76. The highest BCUT2D eigenvalue weighted by Crippen LogP contribution is 2.19. The van der Waals surface area contributed by atoms with Crippen molar-refractivity contribution >= 4 is 5.69 Å². The van der Waals surface area contributed by atoms with Gasteiger partial charge in [-0.3, -0.25) is 0 Å². The smallest absolute Gasteiger partial charge is 0.268 e. The van der Waals surface area contributed by atoms with Gasteiger partial charge in [-0.05, 0) is 32.4 Å². The van der Waals surface area contributed by atoms with E-state index in [0.29, 0.717) is 0 Å². The zero-order chi connectivity index (χ0) is 12.3. The normalized spacial score (nSPS) is 14.9. The minimum Gasteiger partial charge on any atom is -0.382 e. The largest absolute Gasteiger partial charge is 0.382 e. The highest BCUT2D eigenvalue weighted by atomic mass is 19.3. The van der Waals surface area contributed by atoms with Crippen molar-refractivity contribution in [3.63, 3.8) is 0 Å². The lowest BCUT2D eigenvalue weighted by Crippen LogP contribution is -2.40. The van der Waals surface area contributed by atoms with Crippen LogP contribution in [-0.4, -0.2) is 23.7 Å². The quantitative estimate of drug-likeness (QED) is 0.832. The van der Waals surface area contributed by atoms with Crippen molar-refractivity contribution in [2.45, 2.75) is 32.8 Å². The molecule has 0 amide bonds. The third-order valence-corrected chi connectivity index (χ3v) is 2.49. The van der Waals surface area contributed by atoms with Gasteiger partial charge in [0.15, 0.2) is 0 Å². The lowest BCUT2D eigenvalue weighted by molar-refractivity contribution is -0.0732. The van der Waals surface area contributed by atoms with Gasteiger partial charge in [0.1, 0.15) is 5.60 Å². The van der Waals surface area contributed by atoms with Crippen LogP contribution >= 0.6 is 0 Å². The standard InChI is InChI=1S/C12H17F2NO/c1-8-4-5-10(9(2)6-8)15-7-12(3,16)11(13)14/h4-6,11,15-16H,7H2,1-3H3. The van der Waals surface area contributed by atoms with Gasteiger partial charge in [0.2, 0.25) is 0 Å². The van der Waals surface area contributed by atoms with E-state index >= 15 is 0 Å². The Morgan fingerprint density at radius 3 is 2.50 bits per heavy atom. The van der Waals surface area contributed by atoms with Crippen LogP contribution in [0.15, 0.2) is 18.2 Å². The SMILES string of the molecule is Cc1ccc(NCC(C)(O)C(F)F)c(C)c1. The van der Waals surface area contributed by atoms with Gasteiger partial charge < -0.3 is 10.4 Å². The second-order valence-corrected chi connectivity index (χ2v) is 4.33. The summed E-state index contributed by atoms with van der Waals surface area (Å²) in [6.45, 7) is 4.81. The summed E-state index contributed by atoms with van der Waals surface area (Å²) in [5.74, 6) is 0. The Bertz CT molecular complexity index is 364. The zero-order valence-electron chi connectivity index (χ0n) is 9.72. The number of benzene rings is 1. The molecule has 0 aromatic heterocycles. The molecule has 2 N–H and O–H groups in total. The molecular weight excluding hydrogens is 212 g/mol. The van der Waals surface area contributed by atoms with E-state index in [1.54, 1.807) is 0 Å². The molecule has 1 rings (SSSR count). The molecular formula is C12H17F2NO. The molecule has 0 aliphatic heterocycles. The molecule has 16 heavy (non-hydrogen) atoms. The van der Waals surface area contributed by atoms with Crippen LogP contribution in [0.2, 0.25) is 0 Å². The summed E-state index contributed by atoms with van der Waals surface area (Å²) in [6, 6.07) is 5.68. The number of rotatable bonds is 4. The average molecular weight is 229 g/mol. The van der Waals surface area contributed by atoms with E-state index in [9.17, 15) is 13.9 Å². The van der Waals surface area contributed by atoms with Crippen LogP contribution in [0.1, 0.15) is 18.1 Å². The Morgan fingerprint density at radius 2 is 2.00 bits per heavy atom. The summed E-state index contributed by atoms with van der Waals surface area (Å²) in [4.78, 5) is 0. The summed E-state index contributed by atoms with van der Waals surface area (Å²) >= 11 is 0. The predicted octanol–water partition coefficient (Wildman–Crippen LogP) is 2.73. The first kappa shape index (κ1) is 12.9. The summed E-state index contributed by atoms with van der Waals surface area (Å²) in [5.41, 5.74) is 0.859. The van der Waals surface area contributed by atoms with Gasteiger partial charge >= 0.3 is 0 Å². The van der Waals surface area contributed by atoms with E-state index in [2.05, 4.69) is 5.32 Å². The lowest BCUT2D eigenvalue weighted by atomic mass is 10.1. The van der Waals surface area contributed by atoms with Crippen LogP contribution in [0.3, 0.4) is 0 Å². The van der Waals surface area contributed by atoms with Crippen molar-refractivity contribution in [3.8, 4) is 0 Å². The Hall–Kier alpha value is -1.16. The van der Waals surface area contributed by atoms with Gasteiger partial charge in [0, 0.05) is 12.2 Å². The molecule has 0 heterocycles. The summed E-state index contributed by atoms with van der Waals surface area (Å²) in [5, 5.41) is 12.2. The molecule has 2 nitrogen and oxygen atoms in total. The number of aliphatic hydroxyl groups is 1. The molecule has 1 unspecified atom stereocenters. The Morgan fingerprint density at radius 1 is 1.38 bits per heavy atom. The van der Waals surface area contributed by atoms with E-state index in [0.717, 1.165) is 23.7 Å². The van der Waals surface area contributed by atoms with Crippen LogP contribution in [0.25, 0.3) is 0 Å². The van der Waals surface area contributed by atoms with Gasteiger partial charge in [0.25, 0.3) is 6.43 Å². The van der Waals surface area contributed by atoms with Gasteiger partial charge in [-0.25, -0.2) is 8.78 Å². The second-order valence-electron chi connectivity index (χ2n) is 4.33. The highest BCUT2D eigenvalue weighted by Gasteiger charge is 2.31. The van der Waals surface area contributed by atoms with Gasteiger partial charge in [-0.15, -0.1) is 0 Å². The molecule has 1 aromatic rings. The van der Waals surface area contributed by atoms with Gasteiger partial charge in [0.05, 0.1) is 0 Å². The molecule has 0 aliphatic carbocycles. The maximum absolute atomic E-state index is 12.4. The van der Waals surface area contributed by atoms with Crippen molar-refractivity contribution < 1.29 is 13.9 Å². The number of alkyl halides is 2. The molecule has 0 bridgehead atoms. The molecule has 0 saturated heterocycles. The summed E-state index contributed by atoms with van der Waals surface area (Å²) in [7, 11) is 0. The van der Waals surface area contributed by atoms with Gasteiger partial charge in [-0.2, -0.15) is 0 Å². The van der Waals surface area contributed by atoms with Crippen molar-refractivity contribution in [3.05, 3.63) is 29.3 Å². The number of aryl methyl sites for hydroxylation is 2. The maximum Gasteiger partial charge on any atom is 0.268 e. The molecule has 4 heteroatoms. The van der Waals surface area contributed by atoms with Crippen molar-refractivity contribution in [1.29, 1.82) is 0 Å². The minimum absolute atomic E-state index is 0.172. The fraction of sp³-hybridized carbons (Fsp3) is 0.500. The molecule has 0 saturated carbocycles. The molecule has 90 valence electrons. The number of hydrogen-bond donors (Lipinski definition) is 2. The second kappa shape index (κ2) is 4.78. The lowest BCUT2D eigenvalue weighted by Gasteiger charge is -2.23. The van der Waals surface area contributed by atoms with Crippen LogP contribution in [0.5, 0.6) is 0 Å². The Balaban J connectivity index is 2.68. The number of hydrogen-bond acceptors (Lipinski definition) is 2. The number of nitrogens with one attached hydrogen (secondary N) is 1. The fourth-order valence-corrected chi connectivity index (χ4v) is 1.36. The maximum atomic E-state index is 12.4. The Kier molecular flexibility index (Phi) is 3.86. The monoisotopic (exact) mass is 229 g/mol. The van der Waals surface area contributed by atoms with Crippen LogP contribution in [0.4, 0.5) is 14.5 Å². The first-order valence-corrected chi connectivity index (χ1v) is 5.14. The van der Waals surface area contributed by atoms with E-state index in [1.807, 2.05) is 32.0 Å². The first-order valence-electron chi connectivity index (χ1n) is 5.14. The molecule has 0 radical (unpaired) electrons. The third-order valence-electron chi connectivity index (χ3n) is 2.49. The zero-order valence-corrected chi connectivity index (χ0v) is 9.72. The minimum atomic E-state index is -2.76. The molecule has 1 aromatic carbocycles. The van der Waals surface area contributed by atoms with E-state index in [1.165, 1.54) is 0 Å². The van der Waals surface area contributed by atoms with Crippen LogP contribution in [-0.2, 0) is 0 Å². The van der Waals surface area contributed by atoms with Gasteiger partial charge in [-0.1, -0.05) is 17.7 Å². The Labute approximate surface area is 94.3 Å². The van der Waals surface area contributed by atoms with Crippen LogP contribution < -0.4 is 5.32 Å². The van der Waals surface area contributed by atoms with E-state index in [-0.39, 0.29) is 6.54 Å². The van der Waals surface area contributed by atoms with Crippen LogP contribution in [0, 0.1) is 13.8 Å². The topological polar surface area (TPSA) is 32.3 Å². The third kappa shape index (κ3) is 3.17. The summed E-state index contributed by atoms with van der Waals surface area (Å²) < 4.78 is 24.8. The number of anilines is 1. The van der Waals surface area contributed by atoms with E-state index in [4.69, 9.17) is 0 Å². The van der Waals surface area contributed by atoms with Crippen molar-refractivity contribution in [2.24, 2.45) is 0 Å². The van der Waals surface area contributed by atoms with E-state index < -0.39 is 12.0 Å².